The average Bonchev–Trinajstić information content (AvgIpc) is 2.90. The number of piperidine rings is 1. The third-order valence-electron chi connectivity index (χ3n) is 7.19. The average molecular weight is 537 g/mol. The van der Waals surface area contributed by atoms with Crippen molar-refractivity contribution in [2.45, 2.75) is 31.8 Å². The molecule has 1 saturated heterocycles. The van der Waals surface area contributed by atoms with E-state index < -0.39 is 46.5 Å². The molecule has 2 aromatic carbocycles. The van der Waals surface area contributed by atoms with E-state index in [2.05, 4.69) is 4.98 Å². The normalized spacial score (nSPS) is 16.4. The summed E-state index contributed by atoms with van der Waals surface area (Å²) in [7, 11) is 1.47. The first-order valence-electron chi connectivity index (χ1n) is 12.2. The van der Waals surface area contributed by atoms with Crippen molar-refractivity contribution >= 4 is 16.9 Å². The van der Waals surface area contributed by atoms with Gasteiger partial charge >= 0.3 is 5.97 Å². The Hall–Kier alpha value is -3.44. The maximum Gasteiger partial charge on any atom is 0.309 e. The van der Waals surface area contributed by atoms with Gasteiger partial charge in [0.25, 0.3) is 0 Å². The molecule has 0 saturated carbocycles. The van der Waals surface area contributed by atoms with Crippen LogP contribution in [0.5, 0.6) is 11.5 Å². The molecule has 3 aromatic rings. The molecular formula is C27H28F4N2O5. The van der Waals surface area contributed by atoms with Crippen LogP contribution >= 0.6 is 0 Å². The summed E-state index contributed by atoms with van der Waals surface area (Å²) in [5, 5.41) is 21.3. The van der Waals surface area contributed by atoms with Crippen molar-refractivity contribution in [2.24, 2.45) is 5.41 Å². The van der Waals surface area contributed by atoms with Crippen molar-refractivity contribution in [1.82, 2.24) is 9.88 Å². The molecule has 0 unspecified atom stereocenters. The summed E-state index contributed by atoms with van der Waals surface area (Å²) in [5.74, 6) is -5.31. The van der Waals surface area contributed by atoms with Crippen molar-refractivity contribution < 1.29 is 42.0 Å². The Balaban J connectivity index is 1.37. The minimum atomic E-state index is -1.34. The molecule has 0 radical (unpaired) electrons. The van der Waals surface area contributed by atoms with Crippen molar-refractivity contribution in [3.05, 3.63) is 65.4 Å². The monoisotopic (exact) mass is 536 g/mol. The fraction of sp³-hybridized carbons (Fsp3) is 0.407. The molecule has 2 N–H and O–H groups in total. The number of aliphatic hydroxyl groups excluding tert-OH is 1. The van der Waals surface area contributed by atoms with Crippen LogP contribution in [0.25, 0.3) is 10.9 Å². The van der Waals surface area contributed by atoms with Crippen LogP contribution in [0.15, 0.2) is 36.5 Å². The van der Waals surface area contributed by atoms with E-state index in [0.29, 0.717) is 42.4 Å². The summed E-state index contributed by atoms with van der Waals surface area (Å²) in [6.45, 7) is 1.02. The lowest BCUT2D eigenvalue weighted by molar-refractivity contribution is -0.153. The van der Waals surface area contributed by atoms with Crippen molar-refractivity contribution in [3.63, 3.8) is 0 Å². The Bertz CT molecular complexity index is 1310. The topological polar surface area (TPSA) is 92.1 Å². The number of halogens is 4. The standard InChI is InChI=1S/C27H28F4N2O5/c1-37-17-2-3-21-18(14-17)24(20(30)15-32-21)22(34)4-5-27(26(35)36)6-8-33(9-7-27)10-11-38-23-13-16(28)12-19(29)25(23)31/h2-3,12-15,22,34H,4-11H2,1H3,(H,35,36)/t22-/m1/s1. The fourth-order valence-electron chi connectivity index (χ4n) is 4.89. The smallest absolute Gasteiger partial charge is 0.309 e. The zero-order chi connectivity index (χ0) is 27.4. The highest BCUT2D eigenvalue weighted by molar-refractivity contribution is 5.84. The second-order valence-corrected chi connectivity index (χ2v) is 9.43. The van der Waals surface area contributed by atoms with Crippen LogP contribution in [0.2, 0.25) is 0 Å². The number of ether oxygens (including phenoxy) is 2. The van der Waals surface area contributed by atoms with Crippen molar-refractivity contribution in [3.8, 4) is 11.5 Å². The van der Waals surface area contributed by atoms with Gasteiger partial charge < -0.3 is 19.7 Å². The summed E-state index contributed by atoms with van der Waals surface area (Å²) >= 11 is 0. The van der Waals surface area contributed by atoms with Gasteiger partial charge in [0.2, 0.25) is 5.82 Å². The van der Waals surface area contributed by atoms with Gasteiger partial charge in [-0.2, -0.15) is 4.39 Å². The number of benzene rings is 2. The SMILES string of the molecule is COc1ccc2ncc(F)c([C@H](O)CCC3(C(=O)O)CCN(CCOc4cc(F)cc(F)c4F)CC3)c2c1. The minimum absolute atomic E-state index is 0.0209. The number of likely N-dealkylation sites (tertiary alicyclic amines) is 1. The molecule has 0 bridgehead atoms. The first kappa shape index (κ1) is 27.6. The van der Waals surface area contributed by atoms with E-state index in [0.717, 1.165) is 12.3 Å². The first-order chi connectivity index (χ1) is 18.1. The minimum Gasteiger partial charge on any atom is -0.497 e. The largest absolute Gasteiger partial charge is 0.497 e. The fourth-order valence-corrected chi connectivity index (χ4v) is 4.89. The third-order valence-corrected chi connectivity index (χ3v) is 7.19. The molecule has 1 fully saturated rings. The number of hydrogen-bond donors (Lipinski definition) is 2. The van der Waals surface area contributed by atoms with Crippen LogP contribution in [0.3, 0.4) is 0 Å². The second-order valence-electron chi connectivity index (χ2n) is 9.43. The van der Waals surface area contributed by atoms with E-state index in [4.69, 9.17) is 9.47 Å². The molecule has 11 heteroatoms. The van der Waals surface area contributed by atoms with E-state index in [1.807, 2.05) is 4.90 Å². The Morgan fingerprint density at radius 1 is 1.13 bits per heavy atom. The molecule has 1 aromatic heterocycles. The van der Waals surface area contributed by atoms with E-state index in [1.165, 1.54) is 7.11 Å². The molecule has 0 amide bonds. The first-order valence-corrected chi connectivity index (χ1v) is 12.2. The number of nitrogens with zero attached hydrogens (tertiary/aromatic N) is 2. The van der Waals surface area contributed by atoms with Crippen LogP contribution in [-0.2, 0) is 4.79 Å². The maximum atomic E-state index is 14.7. The zero-order valence-corrected chi connectivity index (χ0v) is 20.7. The van der Waals surface area contributed by atoms with Crippen LogP contribution in [0.4, 0.5) is 17.6 Å². The summed E-state index contributed by atoms with van der Waals surface area (Å²) in [5.41, 5.74) is -0.594. The van der Waals surface area contributed by atoms with Gasteiger partial charge in [0.1, 0.15) is 24.0 Å². The quantitative estimate of drug-likeness (QED) is 0.283. The third kappa shape index (κ3) is 5.83. The second kappa shape index (κ2) is 11.5. The van der Waals surface area contributed by atoms with Crippen LogP contribution in [0.1, 0.15) is 37.4 Å². The number of rotatable bonds is 10. The van der Waals surface area contributed by atoms with Crippen molar-refractivity contribution in [1.29, 1.82) is 0 Å². The van der Waals surface area contributed by atoms with Gasteiger partial charge in [0.05, 0.1) is 30.3 Å². The van der Waals surface area contributed by atoms with E-state index in [1.54, 1.807) is 18.2 Å². The zero-order valence-electron chi connectivity index (χ0n) is 20.7. The summed E-state index contributed by atoms with van der Waals surface area (Å²) < 4.78 is 65.6. The number of pyridine rings is 1. The molecule has 38 heavy (non-hydrogen) atoms. The Labute approximate surface area is 216 Å². The predicted molar refractivity (Wildman–Crippen MR) is 130 cm³/mol. The predicted octanol–water partition coefficient (Wildman–Crippen LogP) is 4.86. The maximum absolute atomic E-state index is 14.7. The molecule has 0 aliphatic carbocycles. The Morgan fingerprint density at radius 2 is 1.87 bits per heavy atom. The van der Waals surface area contributed by atoms with Gasteiger partial charge in [-0.25, -0.2) is 13.2 Å². The van der Waals surface area contributed by atoms with Crippen LogP contribution in [0, 0.1) is 28.7 Å². The van der Waals surface area contributed by atoms with E-state index >= 15 is 0 Å². The number of carboxylic acid groups (broad SMARTS) is 1. The van der Waals surface area contributed by atoms with E-state index in [-0.39, 0.29) is 37.9 Å². The number of aromatic nitrogens is 1. The number of carboxylic acids is 1. The van der Waals surface area contributed by atoms with Gasteiger partial charge in [0.15, 0.2) is 11.6 Å². The molecule has 1 atom stereocenters. The highest BCUT2D eigenvalue weighted by atomic mass is 19.2. The molecule has 4 rings (SSSR count). The number of methoxy groups -OCH3 is 1. The summed E-state index contributed by atoms with van der Waals surface area (Å²) in [6.07, 6.45) is 0.459. The molecule has 2 heterocycles. The highest BCUT2D eigenvalue weighted by Gasteiger charge is 2.41. The lowest BCUT2D eigenvalue weighted by atomic mass is 9.74. The molecule has 0 spiro atoms. The molecule has 1 aliphatic heterocycles. The summed E-state index contributed by atoms with van der Waals surface area (Å²) in [6, 6.07) is 6.11. The van der Waals surface area contributed by atoms with Gasteiger partial charge in [-0.05, 0) is 57.0 Å². The Morgan fingerprint density at radius 3 is 2.55 bits per heavy atom. The highest BCUT2D eigenvalue weighted by Crippen LogP contribution is 2.40. The number of fused-ring (bicyclic) bond motifs is 1. The number of carbonyl (C=O) groups is 1. The van der Waals surface area contributed by atoms with Gasteiger partial charge in [-0.15, -0.1) is 0 Å². The number of hydrogen-bond acceptors (Lipinski definition) is 6. The summed E-state index contributed by atoms with van der Waals surface area (Å²) in [4.78, 5) is 18.2. The lowest BCUT2D eigenvalue weighted by Crippen LogP contribution is -2.45. The molecule has 1 aliphatic rings. The van der Waals surface area contributed by atoms with E-state index in [9.17, 15) is 32.6 Å². The van der Waals surface area contributed by atoms with Gasteiger partial charge in [0, 0.05) is 29.6 Å². The lowest BCUT2D eigenvalue weighted by Gasteiger charge is -2.39. The van der Waals surface area contributed by atoms with Gasteiger partial charge in [-0.1, -0.05) is 0 Å². The molecule has 204 valence electrons. The van der Waals surface area contributed by atoms with Crippen LogP contribution < -0.4 is 9.47 Å². The van der Waals surface area contributed by atoms with Crippen molar-refractivity contribution in [2.75, 3.05) is 33.4 Å². The molecule has 7 nitrogen and oxygen atoms in total. The number of aliphatic hydroxyl groups is 1. The molecular weight excluding hydrogens is 508 g/mol. The number of aliphatic carboxylic acids is 1. The Kier molecular flexibility index (Phi) is 8.37. The van der Waals surface area contributed by atoms with Gasteiger partial charge in [-0.3, -0.25) is 14.7 Å². The van der Waals surface area contributed by atoms with Crippen LogP contribution in [-0.4, -0.2) is 59.4 Å².